The summed E-state index contributed by atoms with van der Waals surface area (Å²) < 4.78 is 1.15. The molecule has 3 fully saturated rings. The van der Waals surface area contributed by atoms with Gasteiger partial charge in [-0.3, -0.25) is 4.79 Å². The second kappa shape index (κ2) is 7.69. The highest BCUT2D eigenvalue weighted by Gasteiger charge is 2.57. The van der Waals surface area contributed by atoms with Crippen molar-refractivity contribution in [2.45, 2.75) is 53.0 Å². The van der Waals surface area contributed by atoms with Crippen LogP contribution in [0.25, 0.3) is 10.1 Å². The summed E-state index contributed by atoms with van der Waals surface area (Å²) in [7, 11) is 0. The minimum absolute atomic E-state index is 0.0431. The molecule has 3 saturated carbocycles. The predicted octanol–water partition coefficient (Wildman–Crippen LogP) is 5.09. The quantitative estimate of drug-likeness (QED) is 0.784. The molecule has 2 N–H and O–H groups in total. The Bertz CT molecular complexity index is 766. The normalized spacial score (nSPS) is 28.7. The zero-order valence-electron chi connectivity index (χ0n) is 16.3. The van der Waals surface area contributed by atoms with E-state index < -0.39 is 0 Å². The summed E-state index contributed by atoms with van der Waals surface area (Å²) >= 11 is 1.62. The summed E-state index contributed by atoms with van der Waals surface area (Å²) in [4.78, 5) is 12.9. The number of carbonyl (C=O) groups excluding carboxylic acids is 1. The molecule has 0 saturated heterocycles. The third-order valence-electron chi connectivity index (χ3n) is 6.60. The summed E-state index contributed by atoms with van der Waals surface area (Å²) in [5.74, 6) is 1.72. The van der Waals surface area contributed by atoms with Crippen LogP contribution in [0.15, 0.2) is 29.6 Å². The van der Waals surface area contributed by atoms with Crippen molar-refractivity contribution >= 4 is 27.3 Å². The van der Waals surface area contributed by atoms with E-state index in [-0.39, 0.29) is 18.6 Å². The Morgan fingerprint density at radius 2 is 2.00 bits per heavy atom. The Balaban J connectivity index is 0.000000948. The molecule has 4 atom stereocenters. The third-order valence-corrected chi connectivity index (χ3v) is 7.56. The summed E-state index contributed by atoms with van der Waals surface area (Å²) in [6.45, 7) is 8.87. The van der Waals surface area contributed by atoms with Gasteiger partial charge in [-0.05, 0) is 48.5 Å². The number of hydrogen-bond donors (Lipinski definition) is 2. The fourth-order valence-corrected chi connectivity index (χ4v) is 5.91. The summed E-state index contributed by atoms with van der Waals surface area (Å²) in [5.41, 5.74) is 1.10. The Kier molecular flexibility index (Phi) is 5.73. The number of nitrogens with one attached hydrogen (secondary N) is 1. The predicted molar refractivity (Wildman–Crippen MR) is 110 cm³/mol. The first kappa shape index (κ1) is 19.4. The largest absolute Gasteiger partial charge is 0.396 e. The number of carbonyl (C=O) groups is 1. The topological polar surface area (TPSA) is 49.3 Å². The van der Waals surface area contributed by atoms with Gasteiger partial charge in [0, 0.05) is 28.1 Å². The van der Waals surface area contributed by atoms with Gasteiger partial charge in [-0.25, -0.2) is 0 Å². The summed E-state index contributed by atoms with van der Waals surface area (Å²) in [6.07, 6.45) is 3.13. The molecule has 5 rings (SSSR count). The highest BCUT2D eigenvalue weighted by molar-refractivity contribution is 7.17. The molecular weight excluding hydrogens is 342 g/mol. The van der Waals surface area contributed by atoms with Crippen LogP contribution in [0, 0.1) is 23.2 Å². The van der Waals surface area contributed by atoms with Crippen LogP contribution in [0.3, 0.4) is 0 Å². The van der Waals surface area contributed by atoms with Gasteiger partial charge in [-0.2, -0.15) is 0 Å². The number of aliphatic hydroxyl groups excluding tert-OH is 1. The van der Waals surface area contributed by atoms with Crippen LogP contribution >= 0.6 is 11.3 Å². The molecule has 142 valence electrons. The van der Waals surface area contributed by atoms with Crippen LogP contribution in [-0.4, -0.2) is 23.7 Å². The number of hydrogen-bond acceptors (Lipinski definition) is 3. The van der Waals surface area contributed by atoms with Crippen LogP contribution in [0.2, 0.25) is 0 Å². The maximum atomic E-state index is 12.9. The molecular formula is C22H31NO2S. The molecule has 1 aromatic carbocycles. The highest BCUT2D eigenvalue weighted by atomic mass is 32.1. The van der Waals surface area contributed by atoms with Gasteiger partial charge in [0.1, 0.15) is 0 Å². The van der Waals surface area contributed by atoms with Crippen molar-refractivity contribution in [2.75, 3.05) is 6.61 Å². The lowest BCUT2D eigenvalue weighted by molar-refractivity contribution is -0.114. The van der Waals surface area contributed by atoms with E-state index in [1.807, 2.05) is 37.4 Å². The van der Waals surface area contributed by atoms with Crippen LogP contribution in [-0.2, 0) is 0 Å². The number of aliphatic hydroxyl groups is 1. The van der Waals surface area contributed by atoms with Crippen LogP contribution in [0.1, 0.15) is 57.3 Å². The molecule has 0 aliphatic heterocycles. The first-order valence-corrected chi connectivity index (χ1v) is 10.8. The number of benzene rings is 1. The van der Waals surface area contributed by atoms with Crippen LogP contribution in [0.5, 0.6) is 0 Å². The fraction of sp³-hybridized carbons (Fsp3) is 0.591. The Labute approximate surface area is 160 Å². The van der Waals surface area contributed by atoms with Gasteiger partial charge in [-0.15, -0.1) is 11.3 Å². The Hall–Kier alpha value is -1.39. The molecule has 2 bridgehead atoms. The van der Waals surface area contributed by atoms with E-state index in [9.17, 15) is 9.90 Å². The molecule has 2 aromatic rings. The highest BCUT2D eigenvalue weighted by Crippen LogP contribution is 2.61. The molecule has 0 spiro atoms. The smallest absolute Gasteiger partial charge is 0.252 e. The molecule has 1 amide bonds. The Morgan fingerprint density at radius 1 is 1.27 bits per heavy atom. The van der Waals surface area contributed by atoms with Gasteiger partial charge in [0.25, 0.3) is 5.91 Å². The van der Waals surface area contributed by atoms with Crippen molar-refractivity contribution in [2.24, 2.45) is 23.2 Å². The van der Waals surface area contributed by atoms with Crippen molar-refractivity contribution in [1.82, 2.24) is 5.32 Å². The lowest BCUT2D eigenvalue weighted by Crippen LogP contribution is -2.63. The molecule has 26 heavy (non-hydrogen) atoms. The second-order valence-electron chi connectivity index (χ2n) is 8.01. The van der Waals surface area contributed by atoms with E-state index in [2.05, 4.69) is 25.2 Å². The standard InChI is InChI=1S/C20H25NO2S.C2H6/c1-20(2)13-9-12(7-8-22)18(16(20)10-13)21-19(23)15-11-24-17-6-4-3-5-14(15)17;1-2/h3-6,11-13,16,18,22H,7-10H2,1-2H3,(H,21,23);1-2H3/t12-,13-,16-,18+;/m0./s1. The Morgan fingerprint density at radius 3 is 2.69 bits per heavy atom. The first-order valence-electron chi connectivity index (χ1n) is 9.90. The molecule has 0 unspecified atom stereocenters. The lowest BCUT2D eigenvalue weighted by Gasteiger charge is -2.62. The van der Waals surface area contributed by atoms with E-state index in [1.165, 1.54) is 6.42 Å². The minimum atomic E-state index is 0.0431. The van der Waals surface area contributed by atoms with Gasteiger partial charge in [0.15, 0.2) is 0 Å². The zero-order chi connectivity index (χ0) is 18.9. The lowest BCUT2D eigenvalue weighted by atomic mass is 9.44. The average molecular weight is 374 g/mol. The number of thiophene rings is 1. The van der Waals surface area contributed by atoms with Gasteiger partial charge in [0.05, 0.1) is 5.56 Å². The fourth-order valence-electron chi connectivity index (χ4n) is 4.97. The average Bonchev–Trinajstić information content (AvgIpc) is 3.08. The molecule has 1 heterocycles. The maximum absolute atomic E-state index is 12.9. The minimum Gasteiger partial charge on any atom is -0.396 e. The second-order valence-corrected chi connectivity index (χ2v) is 8.92. The van der Waals surface area contributed by atoms with Crippen LogP contribution in [0.4, 0.5) is 0 Å². The van der Waals surface area contributed by atoms with Crippen molar-refractivity contribution in [3.05, 3.63) is 35.2 Å². The number of fused-ring (bicyclic) bond motifs is 3. The van der Waals surface area contributed by atoms with E-state index in [1.54, 1.807) is 11.3 Å². The first-order chi connectivity index (χ1) is 12.5. The molecule has 1 aromatic heterocycles. The third kappa shape index (κ3) is 3.18. The zero-order valence-corrected chi connectivity index (χ0v) is 17.1. The summed E-state index contributed by atoms with van der Waals surface area (Å²) in [5, 5.41) is 15.8. The molecule has 3 aliphatic rings. The van der Waals surface area contributed by atoms with Gasteiger partial charge >= 0.3 is 0 Å². The SMILES string of the molecule is CC.CC1(C)[C@H]2C[C@H](CCO)[C@@H](NC(=O)c3csc4ccccc34)[C@@H]1C2. The van der Waals surface area contributed by atoms with Gasteiger partial charge in [0.2, 0.25) is 0 Å². The van der Waals surface area contributed by atoms with Gasteiger partial charge in [-0.1, -0.05) is 45.9 Å². The number of rotatable bonds is 4. The van der Waals surface area contributed by atoms with E-state index in [0.717, 1.165) is 34.4 Å². The number of amides is 1. The maximum Gasteiger partial charge on any atom is 0.252 e. The molecule has 3 nitrogen and oxygen atoms in total. The monoisotopic (exact) mass is 373 g/mol. The van der Waals surface area contributed by atoms with Crippen molar-refractivity contribution in [1.29, 1.82) is 0 Å². The van der Waals surface area contributed by atoms with E-state index >= 15 is 0 Å². The van der Waals surface area contributed by atoms with Gasteiger partial charge < -0.3 is 10.4 Å². The molecule has 0 radical (unpaired) electrons. The van der Waals surface area contributed by atoms with E-state index in [4.69, 9.17) is 0 Å². The van der Waals surface area contributed by atoms with Crippen molar-refractivity contribution in [3.8, 4) is 0 Å². The van der Waals surface area contributed by atoms with Crippen molar-refractivity contribution in [3.63, 3.8) is 0 Å². The van der Waals surface area contributed by atoms with Crippen LogP contribution < -0.4 is 5.32 Å². The summed E-state index contributed by atoms with van der Waals surface area (Å²) in [6, 6.07) is 8.27. The molecule has 4 heteroatoms. The molecule has 3 aliphatic carbocycles. The van der Waals surface area contributed by atoms with Crippen molar-refractivity contribution < 1.29 is 9.90 Å². The van der Waals surface area contributed by atoms with E-state index in [0.29, 0.717) is 17.3 Å².